The van der Waals surface area contributed by atoms with Crippen LogP contribution < -0.4 is 9.80 Å². The number of hydrogen-bond acceptors (Lipinski definition) is 5. The number of fused-ring (bicyclic) bond motifs is 1. The maximum atomic E-state index is 13.3. The van der Waals surface area contributed by atoms with Crippen LogP contribution in [0.2, 0.25) is 0 Å². The SMILES string of the molecule is C[C@@H]1Cc2ccccc2N1C(=O)C1CCN(c2ccc(-n3cccn3)nn2)CC1. The number of carbonyl (C=O) groups is 1. The van der Waals surface area contributed by atoms with Crippen molar-refractivity contribution in [1.82, 2.24) is 20.0 Å². The quantitative estimate of drug-likeness (QED) is 0.690. The van der Waals surface area contributed by atoms with Crippen LogP contribution in [0.4, 0.5) is 11.5 Å². The lowest BCUT2D eigenvalue weighted by molar-refractivity contribution is -0.123. The Labute approximate surface area is 170 Å². The molecule has 0 unspecified atom stereocenters. The summed E-state index contributed by atoms with van der Waals surface area (Å²) in [4.78, 5) is 17.5. The summed E-state index contributed by atoms with van der Waals surface area (Å²) in [7, 11) is 0. The number of piperidine rings is 1. The third kappa shape index (κ3) is 3.26. The van der Waals surface area contributed by atoms with Crippen molar-refractivity contribution in [2.45, 2.75) is 32.2 Å². The molecule has 7 heteroatoms. The standard InChI is InChI=1S/C22H24N6O/c1-16-15-18-5-2-3-6-19(18)28(16)22(29)17-9-13-26(14-10-17)20-7-8-21(25-24-20)27-12-4-11-23-27/h2-8,11-12,16-17H,9-10,13-15H2,1H3/t16-/m1/s1. The molecule has 7 nitrogen and oxygen atoms in total. The Morgan fingerprint density at radius 3 is 2.48 bits per heavy atom. The second kappa shape index (κ2) is 7.31. The van der Waals surface area contributed by atoms with Gasteiger partial charge < -0.3 is 9.80 Å². The lowest BCUT2D eigenvalue weighted by atomic mass is 9.95. The predicted octanol–water partition coefficient (Wildman–Crippen LogP) is 2.86. The van der Waals surface area contributed by atoms with Crippen LogP contribution in [0.1, 0.15) is 25.3 Å². The molecule has 0 saturated carbocycles. The third-order valence-electron chi connectivity index (χ3n) is 5.99. The van der Waals surface area contributed by atoms with Gasteiger partial charge in [-0.3, -0.25) is 4.79 Å². The molecule has 0 spiro atoms. The molecular weight excluding hydrogens is 364 g/mol. The van der Waals surface area contributed by atoms with E-state index in [2.05, 4.69) is 45.3 Å². The van der Waals surface area contributed by atoms with Crippen molar-refractivity contribution in [3.8, 4) is 5.82 Å². The molecular formula is C22H24N6O. The number of carbonyl (C=O) groups excluding carboxylic acids is 1. The van der Waals surface area contributed by atoms with Gasteiger partial charge in [-0.2, -0.15) is 5.10 Å². The van der Waals surface area contributed by atoms with Crippen molar-refractivity contribution in [2.75, 3.05) is 22.9 Å². The maximum Gasteiger partial charge on any atom is 0.230 e. The highest BCUT2D eigenvalue weighted by Crippen LogP contribution is 2.34. The number of nitrogens with zero attached hydrogens (tertiary/aromatic N) is 6. The third-order valence-corrected chi connectivity index (χ3v) is 5.99. The fourth-order valence-corrected chi connectivity index (χ4v) is 4.47. The van der Waals surface area contributed by atoms with Crippen molar-refractivity contribution < 1.29 is 4.79 Å². The normalized spacial score (nSPS) is 19.4. The van der Waals surface area contributed by atoms with Crippen LogP contribution in [0, 0.1) is 5.92 Å². The summed E-state index contributed by atoms with van der Waals surface area (Å²) in [5.41, 5.74) is 2.37. The molecule has 2 aliphatic heterocycles. The zero-order chi connectivity index (χ0) is 19.8. The molecule has 1 amide bonds. The molecule has 29 heavy (non-hydrogen) atoms. The van der Waals surface area contributed by atoms with Crippen molar-refractivity contribution in [3.05, 3.63) is 60.4 Å². The highest BCUT2D eigenvalue weighted by Gasteiger charge is 2.36. The summed E-state index contributed by atoms with van der Waals surface area (Å²) in [5.74, 6) is 1.88. The van der Waals surface area contributed by atoms with Crippen molar-refractivity contribution in [2.24, 2.45) is 5.92 Å². The first kappa shape index (κ1) is 17.8. The number of para-hydroxylation sites is 1. The lowest BCUT2D eigenvalue weighted by Crippen LogP contribution is -2.45. The first-order chi connectivity index (χ1) is 14.2. The van der Waals surface area contributed by atoms with Crippen LogP contribution in [-0.2, 0) is 11.2 Å². The number of rotatable bonds is 3. The van der Waals surface area contributed by atoms with Gasteiger partial charge in [-0.1, -0.05) is 18.2 Å². The second-order valence-electron chi connectivity index (χ2n) is 7.85. The molecule has 1 saturated heterocycles. The van der Waals surface area contributed by atoms with E-state index in [1.54, 1.807) is 10.9 Å². The smallest absolute Gasteiger partial charge is 0.230 e. The molecule has 3 aromatic rings. The summed E-state index contributed by atoms with van der Waals surface area (Å²) >= 11 is 0. The van der Waals surface area contributed by atoms with Gasteiger partial charge in [-0.05, 0) is 56.0 Å². The predicted molar refractivity (Wildman–Crippen MR) is 111 cm³/mol. The first-order valence-electron chi connectivity index (χ1n) is 10.2. The van der Waals surface area contributed by atoms with E-state index >= 15 is 0 Å². The van der Waals surface area contributed by atoms with E-state index in [-0.39, 0.29) is 17.9 Å². The fraction of sp³-hybridized carbons (Fsp3) is 0.364. The Hall–Kier alpha value is -3.22. The Morgan fingerprint density at radius 2 is 1.76 bits per heavy atom. The summed E-state index contributed by atoms with van der Waals surface area (Å²) in [6, 6.07) is 14.3. The second-order valence-corrected chi connectivity index (χ2v) is 7.85. The van der Waals surface area contributed by atoms with E-state index in [0.29, 0.717) is 5.82 Å². The van der Waals surface area contributed by atoms with Crippen LogP contribution in [-0.4, -0.2) is 45.0 Å². The van der Waals surface area contributed by atoms with Gasteiger partial charge in [0.05, 0.1) is 0 Å². The van der Waals surface area contributed by atoms with Crippen LogP contribution in [0.15, 0.2) is 54.9 Å². The van der Waals surface area contributed by atoms with E-state index < -0.39 is 0 Å². The molecule has 148 valence electrons. The van der Waals surface area contributed by atoms with Crippen molar-refractivity contribution in [1.29, 1.82) is 0 Å². The molecule has 4 heterocycles. The van der Waals surface area contributed by atoms with Gasteiger partial charge >= 0.3 is 0 Å². The van der Waals surface area contributed by atoms with Gasteiger partial charge in [-0.25, -0.2) is 4.68 Å². The van der Waals surface area contributed by atoms with Crippen LogP contribution >= 0.6 is 0 Å². The van der Waals surface area contributed by atoms with Crippen molar-refractivity contribution in [3.63, 3.8) is 0 Å². The summed E-state index contributed by atoms with van der Waals surface area (Å²) in [6.07, 6.45) is 6.19. The first-order valence-corrected chi connectivity index (χ1v) is 10.2. The zero-order valence-corrected chi connectivity index (χ0v) is 16.5. The minimum atomic E-state index is 0.0659. The van der Waals surface area contributed by atoms with Gasteiger partial charge in [0.15, 0.2) is 11.6 Å². The Morgan fingerprint density at radius 1 is 1.00 bits per heavy atom. The van der Waals surface area contributed by atoms with E-state index in [0.717, 1.165) is 43.9 Å². The highest BCUT2D eigenvalue weighted by atomic mass is 16.2. The number of benzene rings is 1. The van der Waals surface area contributed by atoms with E-state index in [9.17, 15) is 4.79 Å². The fourth-order valence-electron chi connectivity index (χ4n) is 4.47. The van der Waals surface area contributed by atoms with Gasteiger partial charge in [0.2, 0.25) is 5.91 Å². The molecule has 1 atom stereocenters. The van der Waals surface area contributed by atoms with Gasteiger partial charge in [0.25, 0.3) is 0 Å². The van der Waals surface area contributed by atoms with Gasteiger partial charge in [0, 0.05) is 43.1 Å². The topological polar surface area (TPSA) is 67.2 Å². The average molecular weight is 388 g/mol. The monoisotopic (exact) mass is 388 g/mol. The summed E-state index contributed by atoms with van der Waals surface area (Å²) in [5, 5.41) is 12.8. The molecule has 2 aromatic heterocycles. The van der Waals surface area contributed by atoms with Crippen molar-refractivity contribution >= 4 is 17.4 Å². The molecule has 0 N–H and O–H groups in total. The molecule has 0 radical (unpaired) electrons. The number of amides is 1. The molecule has 1 fully saturated rings. The number of aromatic nitrogens is 4. The van der Waals surface area contributed by atoms with E-state index in [4.69, 9.17) is 0 Å². The molecule has 5 rings (SSSR count). The van der Waals surface area contributed by atoms with Gasteiger partial charge in [-0.15, -0.1) is 10.2 Å². The molecule has 1 aromatic carbocycles. The van der Waals surface area contributed by atoms with Crippen LogP contribution in [0.25, 0.3) is 5.82 Å². The van der Waals surface area contributed by atoms with Crippen LogP contribution in [0.3, 0.4) is 0 Å². The number of hydrogen-bond donors (Lipinski definition) is 0. The largest absolute Gasteiger partial charge is 0.355 e. The number of anilines is 2. The minimum Gasteiger partial charge on any atom is -0.355 e. The molecule has 0 bridgehead atoms. The molecule has 2 aliphatic rings. The molecule has 0 aliphatic carbocycles. The van der Waals surface area contributed by atoms with E-state index in [1.165, 1.54) is 5.56 Å². The van der Waals surface area contributed by atoms with E-state index in [1.807, 2.05) is 35.4 Å². The van der Waals surface area contributed by atoms with Crippen LogP contribution in [0.5, 0.6) is 0 Å². The Balaban J connectivity index is 1.24. The van der Waals surface area contributed by atoms with Gasteiger partial charge in [0.1, 0.15) is 0 Å². The maximum absolute atomic E-state index is 13.3. The Bertz CT molecular complexity index is 992. The Kier molecular flexibility index (Phi) is 4.50. The minimum absolute atomic E-state index is 0.0659. The highest BCUT2D eigenvalue weighted by molar-refractivity contribution is 5.97. The lowest BCUT2D eigenvalue weighted by Gasteiger charge is -2.35. The zero-order valence-electron chi connectivity index (χ0n) is 16.5. The summed E-state index contributed by atoms with van der Waals surface area (Å²) in [6.45, 7) is 3.77. The average Bonchev–Trinajstić information content (AvgIpc) is 3.41. The summed E-state index contributed by atoms with van der Waals surface area (Å²) < 4.78 is 1.69.